The van der Waals surface area contributed by atoms with Crippen LogP contribution in [0.25, 0.3) is 0 Å². The summed E-state index contributed by atoms with van der Waals surface area (Å²) in [5.41, 5.74) is 1.79. The minimum Gasteiger partial charge on any atom is -0.337 e. The molecule has 0 aliphatic carbocycles. The number of likely N-dealkylation sites (tertiary alicyclic amines) is 1. The van der Waals surface area contributed by atoms with Crippen molar-refractivity contribution in [3.63, 3.8) is 0 Å². The molecule has 1 aromatic heterocycles. The van der Waals surface area contributed by atoms with E-state index in [4.69, 9.17) is 0 Å². The maximum atomic E-state index is 12.6. The zero-order chi connectivity index (χ0) is 17.1. The molecule has 2 amide bonds. The largest absolute Gasteiger partial charge is 0.337 e. The first kappa shape index (κ1) is 16.5. The van der Waals surface area contributed by atoms with Crippen molar-refractivity contribution in [1.29, 1.82) is 0 Å². The average Bonchev–Trinajstić information content (AvgIpc) is 3.25. The Hall–Kier alpha value is -2.35. The summed E-state index contributed by atoms with van der Waals surface area (Å²) < 4.78 is 0. The normalized spacial score (nSPS) is 14.0. The van der Waals surface area contributed by atoms with Crippen molar-refractivity contribution in [1.82, 2.24) is 20.3 Å². The van der Waals surface area contributed by atoms with Gasteiger partial charge in [-0.25, -0.2) is 0 Å². The molecular formula is C16H19N5O2S. The number of anilines is 1. The molecule has 8 heteroatoms. The Morgan fingerprint density at radius 2 is 2.00 bits per heavy atom. The van der Waals surface area contributed by atoms with Crippen LogP contribution in [-0.2, 0) is 0 Å². The number of carbonyl (C=O) groups is 2. The van der Waals surface area contributed by atoms with Gasteiger partial charge in [-0.15, -0.1) is 22.0 Å². The summed E-state index contributed by atoms with van der Waals surface area (Å²) in [6, 6.07) is 5.62. The first-order chi connectivity index (χ1) is 11.6. The predicted molar refractivity (Wildman–Crippen MR) is 92.4 cm³/mol. The summed E-state index contributed by atoms with van der Waals surface area (Å²) in [7, 11) is 0. The number of rotatable bonds is 4. The van der Waals surface area contributed by atoms with E-state index in [-0.39, 0.29) is 23.3 Å². The second-order valence-electron chi connectivity index (χ2n) is 5.68. The lowest BCUT2D eigenvalue weighted by Crippen LogP contribution is -2.29. The number of aryl methyl sites for hydroxylation is 1. The minimum absolute atomic E-state index is 0.156. The van der Waals surface area contributed by atoms with Gasteiger partial charge in [0.2, 0.25) is 0 Å². The Bertz CT molecular complexity index is 768. The molecule has 0 unspecified atom stereocenters. The zero-order valence-corrected chi connectivity index (χ0v) is 14.4. The van der Waals surface area contributed by atoms with Crippen LogP contribution in [0, 0.1) is 6.92 Å². The lowest BCUT2D eigenvalue weighted by molar-refractivity contribution is 0.0788. The van der Waals surface area contributed by atoms with Crippen LogP contribution in [0.3, 0.4) is 0 Å². The summed E-state index contributed by atoms with van der Waals surface area (Å²) in [5.74, 6) is -0.334. The molecule has 0 bridgehead atoms. The van der Waals surface area contributed by atoms with E-state index in [1.807, 2.05) is 25.3 Å². The van der Waals surface area contributed by atoms with Crippen LogP contribution in [0.4, 0.5) is 5.82 Å². The van der Waals surface area contributed by atoms with Gasteiger partial charge in [-0.2, -0.15) is 5.21 Å². The molecule has 0 spiro atoms. The fraction of sp³-hybridized carbons (Fsp3) is 0.375. The average molecular weight is 345 g/mol. The maximum absolute atomic E-state index is 12.6. The van der Waals surface area contributed by atoms with Crippen molar-refractivity contribution in [2.45, 2.75) is 24.7 Å². The second-order valence-corrected chi connectivity index (χ2v) is 6.53. The van der Waals surface area contributed by atoms with Crippen molar-refractivity contribution in [3.05, 3.63) is 35.0 Å². The molecule has 7 nitrogen and oxygen atoms in total. The molecule has 2 N–H and O–H groups in total. The van der Waals surface area contributed by atoms with Gasteiger partial charge in [0.25, 0.3) is 11.8 Å². The molecule has 0 saturated carbocycles. The third-order valence-corrected chi connectivity index (χ3v) is 4.75. The molecule has 1 saturated heterocycles. The van der Waals surface area contributed by atoms with Crippen LogP contribution in [0.2, 0.25) is 0 Å². The van der Waals surface area contributed by atoms with Gasteiger partial charge in [0.05, 0.1) is 5.56 Å². The summed E-state index contributed by atoms with van der Waals surface area (Å²) in [6.07, 6.45) is 3.90. The highest BCUT2D eigenvalue weighted by Crippen LogP contribution is 2.23. The van der Waals surface area contributed by atoms with E-state index in [0.29, 0.717) is 18.7 Å². The summed E-state index contributed by atoms with van der Waals surface area (Å²) >= 11 is 1.50. The molecule has 2 aromatic rings. The number of amides is 2. The van der Waals surface area contributed by atoms with Gasteiger partial charge in [0.15, 0.2) is 11.5 Å². The SMILES string of the molecule is CSc1cc(C)ccc1C(=O)Nc1n[nH]nc1C(=O)N1CCCC1. The number of carbonyl (C=O) groups excluding carboxylic acids is 2. The molecule has 0 atom stereocenters. The van der Waals surface area contributed by atoms with Gasteiger partial charge in [-0.05, 0) is 43.7 Å². The summed E-state index contributed by atoms with van der Waals surface area (Å²) in [6.45, 7) is 3.41. The molecular weight excluding hydrogens is 326 g/mol. The molecule has 24 heavy (non-hydrogen) atoms. The number of nitrogens with one attached hydrogen (secondary N) is 2. The van der Waals surface area contributed by atoms with E-state index >= 15 is 0 Å². The van der Waals surface area contributed by atoms with Gasteiger partial charge >= 0.3 is 0 Å². The van der Waals surface area contributed by atoms with Crippen molar-refractivity contribution < 1.29 is 9.59 Å². The van der Waals surface area contributed by atoms with Crippen molar-refractivity contribution in [2.24, 2.45) is 0 Å². The van der Waals surface area contributed by atoms with Crippen LogP contribution < -0.4 is 5.32 Å². The van der Waals surface area contributed by atoms with E-state index < -0.39 is 0 Å². The van der Waals surface area contributed by atoms with Crippen LogP contribution in [0.15, 0.2) is 23.1 Å². The first-order valence-electron chi connectivity index (χ1n) is 7.76. The van der Waals surface area contributed by atoms with Crippen LogP contribution in [0.1, 0.15) is 39.3 Å². The molecule has 2 heterocycles. The number of aromatic amines is 1. The van der Waals surface area contributed by atoms with Gasteiger partial charge in [-0.3, -0.25) is 9.59 Å². The maximum Gasteiger partial charge on any atom is 0.278 e. The highest BCUT2D eigenvalue weighted by atomic mass is 32.2. The smallest absolute Gasteiger partial charge is 0.278 e. The number of nitrogens with zero attached hydrogens (tertiary/aromatic N) is 3. The van der Waals surface area contributed by atoms with Gasteiger partial charge < -0.3 is 10.2 Å². The third-order valence-electron chi connectivity index (χ3n) is 3.98. The van der Waals surface area contributed by atoms with Crippen molar-refractivity contribution >= 4 is 29.4 Å². The molecule has 0 radical (unpaired) electrons. The Morgan fingerprint density at radius 1 is 1.25 bits per heavy atom. The Balaban J connectivity index is 1.81. The predicted octanol–water partition coefficient (Wildman–Crippen LogP) is 2.32. The van der Waals surface area contributed by atoms with Crippen LogP contribution in [0.5, 0.6) is 0 Å². The lowest BCUT2D eigenvalue weighted by Gasteiger charge is -2.14. The Labute approximate surface area is 144 Å². The van der Waals surface area contributed by atoms with E-state index in [1.165, 1.54) is 11.8 Å². The van der Waals surface area contributed by atoms with Crippen LogP contribution in [-0.4, -0.2) is 51.5 Å². The number of benzene rings is 1. The fourth-order valence-electron chi connectivity index (χ4n) is 2.70. The number of H-pyrrole nitrogens is 1. The van der Waals surface area contributed by atoms with Crippen LogP contribution >= 0.6 is 11.8 Å². The zero-order valence-electron chi connectivity index (χ0n) is 13.6. The highest BCUT2D eigenvalue weighted by molar-refractivity contribution is 7.98. The van der Waals surface area contributed by atoms with Gasteiger partial charge in [0, 0.05) is 18.0 Å². The van der Waals surface area contributed by atoms with Crippen molar-refractivity contribution in [2.75, 3.05) is 24.7 Å². The number of thioether (sulfide) groups is 1. The number of hydrogen-bond acceptors (Lipinski definition) is 5. The van der Waals surface area contributed by atoms with Crippen molar-refractivity contribution in [3.8, 4) is 0 Å². The van der Waals surface area contributed by atoms with Gasteiger partial charge in [-0.1, -0.05) is 6.07 Å². The topological polar surface area (TPSA) is 91.0 Å². The fourth-order valence-corrected chi connectivity index (χ4v) is 3.38. The number of hydrogen-bond donors (Lipinski definition) is 2. The summed E-state index contributed by atoms with van der Waals surface area (Å²) in [4.78, 5) is 27.6. The number of aromatic nitrogens is 3. The minimum atomic E-state index is -0.302. The summed E-state index contributed by atoms with van der Waals surface area (Å²) in [5, 5.41) is 13.0. The van der Waals surface area contributed by atoms with E-state index in [1.54, 1.807) is 11.0 Å². The molecule has 1 aromatic carbocycles. The standard InChI is InChI=1S/C16H19N5O2S/c1-10-5-6-11(12(9-10)24-2)15(22)17-14-13(18-20-19-14)16(23)21-7-3-4-8-21/h5-6,9H,3-4,7-8H2,1-2H3,(H2,17,18,19,20,22). The quantitative estimate of drug-likeness (QED) is 0.830. The Kier molecular flexibility index (Phi) is 4.84. The van der Waals surface area contributed by atoms with Gasteiger partial charge in [0.1, 0.15) is 0 Å². The monoisotopic (exact) mass is 345 g/mol. The molecule has 126 valence electrons. The highest BCUT2D eigenvalue weighted by Gasteiger charge is 2.26. The molecule has 1 aliphatic rings. The van der Waals surface area contributed by atoms with E-state index in [9.17, 15) is 9.59 Å². The van der Waals surface area contributed by atoms with E-state index in [0.717, 1.165) is 23.3 Å². The molecule has 1 aliphatic heterocycles. The Morgan fingerprint density at radius 3 is 2.71 bits per heavy atom. The second kappa shape index (κ2) is 7.04. The third kappa shape index (κ3) is 3.28. The van der Waals surface area contributed by atoms with E-state index in [2.05, 4.69) is 20.7 Å². The first-order valence-corrected chi connectivity index (χ1v) is 8.98. The molecule has 1 fully saturated rings. The lowest BCUT2D eigenvalue weighted by atomic mass is 10.1. The molecule has 3 rings (SSSR count).